The van der Waals surface area contributed by atoms with Gasteiger partial charge in [0, 0.05) is 5.56 Å². The van der Waals surface area contributed by atoms with Gasteiger partial charge in [-0.05, 0) is 17.7 Å². The van der Waals surface area contributed by atoms with Gasteiger partial charge in [-0.15, -0.1) is 0 Å². The minimum atomic E-state index is -1.50. The molecule has 0 aliphatic carbocycles. The molecular weight excluding hydrogens is 262 g/mol. The van der Waals surface area contributed by atoms with Crippen LogP contribution in [0.3, 0.4) is 0 Å². The number of carboxylic acid groups (broad SMARTS) is 1. The highest BCUT2D eigenvalue weighted by Gasteiger charge is 2.17. The third-order valence-corrected chi connectivity index (χ3v) is 2.78. The summed E-state index contributed by atoms with van der Waals surface area (Å²) in [6.07, 6.45) is -2.79. The van der Waals surface area contributed by atoms with Crippen LogP contribution in [0.5, 0.6) is 0 Å². The first-order chi connectivity index (χ1) is 9.52. The van der Waals surface area contributed by atoms with Crippen LogP contribution in [0.2, 0.25) is 0 Å². The Morgan fingerprint density at radius 1 is 1.15 bits per heavy atom. The van der Waals surface area contributed by atoms with Crippen LogP contribution >= 0.6 is 0 Å². The largest absolute Gasteiger partial charge is 0.475 e. The Labute approximate surface area is 114 Å². The quantitative estimate of drug-likeness (QED) is 0.728. The van der Waals surface area contributed by atoms with Crippen LogP contribution in [0, 0.1) is 11.3 Å². The fraction of sp³-hybridized carbons (Fsp3) is 0.143. The second kappa shape index (κ2) is 5.57. The molecule has 0 amide bonds. The van der Waals surface area contributed by atoms with Crippen LogP contribution in [0.25, 0.3) is 11.3 Å². The first-order valence-electron chi connectivity index (χ1n) is 5.72. The molecule has 102 valence electrons. The molecule has 6 heteroatoms. The monoisotopic (exact) mass is 273 g/mol. The summed E-state index contributed by atoms with van der Waals surface area (Å²) in [5, 5.41) is 36.2. The van der Waals surface area contributed by atoms with Crippen molar-refractivity contribution in [3.05, 3.63) is 47.7 Å². The van der Waals surface area contributed by atoms with Crippen molar-refractivity contribution in [2.24, 2.45) is 0 Å². The van der Waals surface area contributed by atoms with Gasteiger partial charge in [0.25, 0.3) is 0 Å². The molecule has 0 aliphatic heterocycles. The molecule has 2 unspecified atom stereocenters. The maximum atomic E-state index is 10.7. The zero-order valence-electron chi connectivity index (χ0n) is 10.2. The Morgan fingerprint density at radius 3 is 2.30 bits per heavy atom. The molecule has 1 heterocycles. The van der Waals surface area contributed by atoms with E-state index in [1.54, 1.807) is 18.2 Å². The Balaban J connectivity index is 2.23. The molecule has 0 fully saturated rings. The summed E-state index contributed by atoms with van der Waals surface area (Å²) in [5.74, 6) is -0.936. The van der Waals surface area contributed by atoms with Gasteiger partial charge < -0.3 is 19.7 Å². The number of carboxylic acids is 1. The highest BCUT2D eigenvalue weighted by Crippen LogP contribution is 2.25. The van der Waals surface area contributed by atoms with E-state index < -0.39 is 18.2 Å². The second-order valence-corrected chi connectivity index (χ2v) is 4.11. The number of benzene rings is 1. The lowest BCUT2D eigenvalue weighted by molar-refractivity contribution is 0.0528. The third-order valence-electron chi connectivity index (χ3n) is 2.78. The standard InChI is InChI=1S/C14H11NO5/c15-7-10(16)13(17)9-3-1-8(2-4-9)11-5-6-12(20-11)14(18)19/h1-6,10,13,16-17H,(H,18,19). The van der Waals surface area contributed by atoms with E-state index in [2.05, 4.69) is 0 Å². The Hall–Kier alpha value is -2.62. The van der Waals surface area contributed by atoms with E-state index in [1.165, 1.54) is 24.3 Å². The lowest BCUT2D eigenvalue weighted by Gasteiger charge is -2.11. The highest BCUT2D eigenvalue weighted by atomic mass is 16.4. The van der Waals surface area contributed by atoms with Crippen molar-refractivity contribution < 1.29 is 24.5 Å². The molecule has 0 aliphatic rings. The first kappa shape index (κ1) is 13.8. The fourth-order valence-electron chi connectivity index (χ4n) is 1.71. The number of aromatic carboxylic acids is 1. The van der Waals surface area contributed by atoms with E-state index in [-0.39, 0.29) is 5.76 Å². The summed E-state index contributed by atoms with van der Waals surface area (Å²) in [5.41, 5.74) is 1.01. The van der Waals surface area contributed by atoms with Crippen molar-refractivity contribution >= 4 is 5.97 Å². The van der Waals surface area contributed by atoms with Gasteiger partial charge in [-0.1, -0.05) is 24.3 Å². The summed E-state index contributed by atoms with van der Waals surface area (Å²) in [7, 11) is 0. The lowest BCUT2D eigenvalue weighted by Crippen LogP contribution is -2.15. The second-order valence-electron chi connectivity index (χ2n) is 4.11. The number of aliphatic hydroxyl groups is 2. The summed E-state index contributed by atoms with van der Waals surface area (Å²) in [6, 6.07) is 10.7. The zero-order chi connectivity index (χ0) is 14.7. The molecule has 6 nitrogen and oxygen atoms in total. The summed E-state index contributed by atoms with van der Waals surface area (Å²) >= 11 is 0. The van der Waals surface area contributed by atoms with Crippen molar-refractivity contribution in [1.29, 1.82) is 5.26 Å². The topological polar surface area (TPSA) is 115 Å². The SMILES string of the molecule is N#CC(O)C(O)c1ccc(-c2ccc(C(=O)O)o2)cc1. The molecule has 0 radical (unpaired) electrons. The molecule has 2 atom stereocenters. The van der Waals surface area contributed by atoms with Crippen LogP contribution < -0.4 is 0 Å². The lowest BCUT2D eigenvalue weighted by atomic mass is 10.0. The van der Waals surface area contributed by atoms with E-state index in [0.717, 1.165) is 0 Å². The van der Waals surface area contributed by atoms with E-state index in [0.29, 0.717) is 16.9 Å². The number of nitrogens with zero attached hydrogens (tertiary/aromatic N) is 1. The number of hydrogen-bond acceptors (Lipinski definition) is 5. The Morgan fingerprint density at radius 2 is 1.80 bits per heavy atom. The van der Waals surface area contributed by atoms with Gasteiger partial charge in [0.15, 0.2) is 6.10 Å². The predicted octanol–water partition coefficient (Wildman–Crippen LogP) is 1.56. The number of aliphatic hydroxyl groups excluding tert-OH is 2. The third kappa shape index (κ3) is 2.69. The van der Waals surface area contributed by atoms with E-state index in [4.69, 9.17) is 14.8 Å². The maximum Gasteiger partial charge on any atom is 0.371 e. The van der Waals surface area contributed by atoms with Gasteiger partial charge in [0.2, 0.25) is 5.76 Å². The van der Waals surface area contributed by atoms with E-state index >= 15 is 0 Å². The normalized spacial score (nSPS) is 13.4. The number of hydrogen-bond donors (Lipinski definition) is 3. The molecule has 0 spiro atoms. The minimum Gasteiger partial charge on any atom is -0.475 e. The van der Waals surface area contributed by atoms with Gasteiger partial charge in [-0.3, -0.25) is 0 Å². The maximum absolute atomic E-state index is 10.7. The van der Waals surface area contributed by atoms with Crippen molar-refractivity contribution in [1.82, 2.24) is 0 Å². The Bertz CT molecular complexity index is 653. The average Bonchev–Trinajstić information content (AvgIpc) is 2.96. The number of furan rings is 1. The number of rotatable bonds is 4. The van der Waals surface area contributed by atoms with Crippen LogP contribution in [0.15, 0.2) is 40.8 Å². The molecule has 3 N–H and O–H groups in total. The molecule has 0 bridgehead atoms. The molecular formula is C14H11NO5. The molecule has 2 aromatic rings. The Kier molecular flexibility index (Phi) is 3.84. The van der Waals surface area contributed by atoms with Gasteiger partial charge in [0.05, 0.1) is 6.07 Å². The average molecular weight is 273 g/mol. The minimum absolute atomic E-state index is 0.163. The summed E-state index contributed by atoms with van der Waals surface area (Å²) in [4.78, 5) is 10.7. The first-order valence-corrected chi connectivity index (χ1v) is 5.72. The number of carbonyl (C=O) groups is 1. The van der Waals surface area contributed by atoms with Crippen molar-refractivity contribution in [2.75, 3.05) is 0 Å². The predicted molar refractivity (Wildman–Crippen MR) is 67.7 cm³/mol. The van der Waals surface area contributed by atoms with Crippen LogP contribution in [-0.2, 0) is 0 Å². The summed E-state index contributed by atoms with van der Waals surface area (Å²) < 4.78 is 5.14. The molecule has 0 saturated carbocycles. The zero-order valence-corrected chi connectivity index (χ0v) is 10.2. The van der Waals surface area contributed by atoms with E-state index in [1.807, 2.05) is 0 Å². The molecule has 2 rings (SSSR count). The van der Waals surface area contributed by atoms with Crippen molar-refractivity contribution in [3.63, 3.8) is 0 Å². The van der Waals surface area contributed by atoms with Crippen LogP contribution in [0.4, 0.5) is 0 Å². The van der Waals surface area contributed by atoms with Crippen molar-refractivity contribution in [3.8, 4) is 17.4 Å². The van der Waals surface area contributed by atoms with Gasteiger partial charge in [-0.2, -0.15) is 5.26 Å². The highest BCUT2D eigenvalue weighted by molar-refractivity contribution is 5.85. The molecule has 20 heavy (non-hydrogen) atoms. The van der Waals surface area contributed by atoms with Gasteiger partial charge in [0.1, 0.15) is 11.9 Å². The number of nitriles is 1. The molecule has 1 aromatic carbocycles. The van der Waals surface area contributed by atoms with Crippen molar-refractivity contribution in [2.45, 2.75) is 12.2 Å². The summed E-state index contributed by atoms with van der Waals surface area (Å²) in [6.45, 7) is 0. The van der Waals surface area contributed by atoms with Crippen LogP contribution in [-0.4, -0.2) is 27.4 Å². The smallest absolute Gasteiger partial charge is 0.371 e. The van der Waals surface area contributed by atoms with Crippen LogP contribution in [0.1, 0.15) is 22.2 Å². The van der Waals surface area contributed by atoms with Gasteiger partial charge in [-0.25, -0.2) is 4.79 Å². The molecule has 1 aromatic heterocycles. The molecule has 0 saturated heterocycles. The fourth-order valence-corrected chi connectivity index (χ4v) is 1.71. The van der Waals surface area contributed by atoms with E-state index in [9.17, 15) is 15.0 Å². The van der Waals surface area contributed by atoms with Gasteiger partial charge >= 0.3 is 5.97 Å².